The van der Waals surface area contributed by atoms with Gasteiger partial charge in [0.2, 0.25) is 11.4 Å². The van der Waals surface area contributed by atoms with E-state index in [1.165, 1.54) is 71.9 Å². The number of nitrogens with zero attached hydrogens (tertiary/aromatic N) is 2. The molecule has 0 amide bonds. The summed E-state index contributed by atoms with van der Waals surface area (Å²) in [5.41, 5.74) is 24.4. The van der Waals surface area contributed by atoms with Gasteiger partial charge in [-0.15, -0.1) is 0 Å². The van der Waals surface area contributed by atoms with Crippen molar-refractivity contribution < 1.29 is 19.1 Å². The number of aryl methyl sites for hydroxylation is 2. The molecule has 4 aromatic rings. The quantitative estimate of drug-likeness (QED) is 0.0526. The molecule has 0 bridgehead atoms. The van der Waals surface area contributed by atoms with Crippen LogP contribution in [-0.4, -0.2) is 4.70 Å². The van der Waals surface area contributed by atoms with Crippen LogP contribution in [0.25, 0.3) is 16.9 Å². The van der Waals surface area contributed by atoms with Gasteiger partial charge in [-0.1, -0.05) is 84.1 Å². The predicted molar refractivity (Wildman–Crippen MR) is 212 cm³/mol. The number of unbranched alkanes of at least 4 members (excludes halogenated alkanes) is 5. The third-order valence-electron chi connectivity index (χ3n) is 9.31. The molecule has 0 atom stereocenters. The molecule has 0 spiro atoms. The van der Waals surface area contributed by atoms with E-state index in [2.05, 4.69) is 137 Å². The molecule has 0 radical (unpaired) electrons. The van der Waals surface area contributed by atoms with Crippen LogP contribution in [0.15, 0.2) is 120 Å². The van der Waals surface area contributed by atoms with Gasteiger partial charge >= 0.3 is 97.0 Å². The summed E-state index contributed by atoms with van der Waals surface area (Å²) < 4.78 is 1.55. The number of rotatable bonds is 19. The van der Waals surface area contributed by atoms with E-state index in [4.69, 9.17) is 0 Å². The van der Waals surface area contributed by atoms with E-state index in [1.54, 1.807) is 19.1 Å². The molecule has 0 N–H and O–H groups in total. The summed E-state index contributed by atoms with van der Waals surface area (Å²) in [6.45, 7) is 9.01. The van der Waals surface area contributed by atoms with Crippen molar-refractivity contribution >= 4 is 11.4 Å². The fourth-order valence-electron chi connectivity index (χ4n) is 6.53. The standard InChI is InChI=1S/C33H46N2.2C7H7.Ni/c1-5-9-13-23-31-30(22-12-8-4)32(28-20-14-18-26(24-28)16-10-6-2)35(34)33(31)29-21-15-19-27(25-29)17-11-7-3;2*1-7-5-3-2-4-6-7;/h14-15,18-21,24-25H,5-13,16-17,22-23H2,1-4H3;2*2-6H,1H2;. The molecule has 0 fully saturated rings. The zero-order chi connectivity index (χ0) is 35.4. The van der Waals surface area contributed by atoms with Crippen molar-refractivity contribution in [3.8, 4) is 0 Å². The molecular formula is C47H60N2Ni. The van der Waals surface area contributed by atoms with Crippen LogP contribution in [0.5, 0.6) is 0 Å². The van der Waals surface area contributed by atoms with E-state index < -0.39 is 0 Å². The molecule has 0 unspecified atom stereocenters. The minimum atomic E-state index is 1.01. The Balaban J connectivity index is 0.000000310. The Morgan fingerprint density at radius 2 is 0.840 bits per heavy atom. The molecule has 268 valence electrons. The Morgan fingerprint density at radius 3 is 1.28 bits per heavy atom. The first kappa shape index (κ1) is 39.2. The van der Waals surface area contributed by atoms with Crippen molar-refractivity contribution in [3.05, 3.63) is 159 Å². The van der Waals surface area contributed by atoms with Crippen LogP contribution >= 0.6 is 0 Å². The van der Waals surface area contributed by atoms with Gasteiger partial charge in [0.15, 0.2) is 0 Å². The normalized spacial score (nSPS) is 12.8. The molecule has 3 heteroatoms. The van der Waals surface area contributed by atoms with E-state index in [-0.39, 0.29) is 0 Å². The first-order chi connectivity index (χ1) is 24.6. The van der Waals surface area contributed by atoms with Crippen molar-refractivity contribution in [1.82, 2.24) is 0 Å². The molecule has 1 heterocycles. The first-order valence-electron chi connectivity index (χ1n) is 19.3. The summed E-state index contributed by atoms with van der Waals surface area (Å²) in [6, 6.07) is 39.0. The van der Waals surface area contributed by atoms with Gasteiger partial charge in [0, 0.05) is 22.3 Å². The van der Waals surface area contributed by atoms with Crippen LogP contribution in [0.1, 0.15) is 132 Å². The van der Waals surface area contributed by atoms with Gasteiger partial charge in [-0.2, -0.15) is 0 Å². The van der Waals surface area contributed by atoms with Crippen molar-refractivity contribution in [2.45, 2.75) is 122 Å². The zero-order valence-electron chi connectivity index (χ0n) is 31.2. The zero-order valence-corrected chi connectivity index (χ0v) is 32.2. The topological polar surface area (TPSA) is 25.3 Å². The van der Waals surface area contributed by atoms with Crippen LogP contribution in [0.2, 0.25) is 0 Å². The Kier molecular flexibility index (Phi) is 17.5. The third kappa shape index (κ3) is 12.1. The predicted octanol–water partition coefficient (Wildman–Crippen LogP) is 13.8. The molecule has 0 aliphatic carbocycles. The number of allylic oxidation sites excluding steroid dienone is 2. The maximum atomic E-state index is 11.8. The Morgan fingerprint density at radius 1 is 0.440 bits per heavy atom. The molecule has 50 heavy (non-hydrogen) atoms. The van der Waals surface area contributed by atoms with Crippen molar-refractivity contribution in [3.63, 3.8) is 0 Å². The summed E-state index contributed by atoms with van der Waals surface area (Å²) in [5, 5.41) is 2.23. The van der Waals surface area contributed by atoms with Crippen LogP contribution in [-0.2, 0) is 38.1 Å². The number of hydrogen-bond donors (Lipinski definition) is 0. The minimum absolute atomic E-state index is 1.01. The summed E-state index contributed by atoms with van der Waals surface area (Å²) >= 11 is 1.78. The average Bonchev–Trinajstić information content (AvgIpc) is 3.43. The number of benzene rings is 4. The van der Waals surface area contributed by atoms with Crippen LogP contribution in [0.3, 0.4) is 0 Å². The molecular weight excluding hydrogens is 651 g/mol. The van der Waals surface area contributed by atoms with Crippen molar-refractivity contribution in [2.75, 3.05) is 0 Å². The molecule has 0 saturated carbocycles. The molecule has 1 aliphatic heterocycles. The van der Waals surface area contributed by atoms with Gasteiger partial charge in [-0.05, 0) is 86.8 Å². The molecule has 2 nitrogen and oxygen atoms in total. The van der Waals surface area contributed by atoms with E-state index in [0.29, 0.717) is 0 Å². The third-order valence-corrected chi connectivity index (χ3v) is 10.6. The van der Waals surface area contributed by atoms with Crippen LogP contribution in [0.4, 0.5) is 0 Å². The van der Waals surface area contributed by atoms with Crippen molar-refractivity contribution in [2.24, 2.45) is 0 Å². The van der Waals surface area contributed by atoms with E-state index in [0.717, 1.165) is 78.2 Å². The monoisotopic (exact) mass is 710 g/mol. The fourth-order valence-corrected chi connectivity index (χ4v) is 7.69. The molecule has 4 aromatic carbocycles. The van der Waals surface area contributed by atoms with Gasteiger partial charge in [0.25, 0.3) is 0 Å². The van der Waals surface area contributed by atoms with E-state index in [9.17, 15) is 5.53 Å². The number of hydrogen-bond acceptors (Lipinski definition) is 0. The van der Waals surface area contributed by atoms with Gasteiger partial charge in [-0.25, -0.2) is 4.70 Å². The Labute approximate surface area is 310 Å². The summed E-state index contributed by atoms with van der Waals surface area (Å²) in [7, 11) is 0. The second-order valence-electron chi connectivity index (χ2n) is 13.5. The summed E-state index contributed by atoms with van der Waals surface area (Å²) in [4.78, 5) is 0. The molecule has 0 aromatic heterocycles. The molecule has 1 aliphatic rings. The second kappa shape index (κ2) is 22.3. The van der Waals surface area contributed by atoms with Gasteiger partial charge < -0.3 is 5.53 Å². The van der Waals surface area contributed by atoms with E-state index in [1.807, 2.05) is 0 Å². The van der Waals surface area contributed by atoms with Gasteiger partial charge in [0.1, 0.15) is 0 Å². The fraction of sp³-hybridized carbons (Fsp3) is 0.404. The van der Waals surface area contributed by atoms with E-state index >= 15 is 0 Å². The molecule has 5 rings (SSSR count). The van der Waals surface area contributed by atoms with Crippen molar-refractivity contribution in [1.29, 1.82) is 0 Å². The second-order valence-corrected chi connectivity index (χ2v) is 14.7. The average molecular weight is 712 g/mol. The molecule has 0 saturated heterocycles. The summed E-state index contributed by atoms with van der Waals surface area (Å²) in [5.74, 6) is 0. The Hall–Kier alpha value is -3.55. The van der Waals surface area contributed by atoms with Crippen LogP contribution in [0, 0.1) is 0 Å². The van der Waals surface area contributed by atoms with Crippen LogP contribution < -0.4 is 0 Å². The van der Waals surface area contributed by atoms with Gasteiger partial charge in [0.05, 0.1) is 0 Å². The first-order valence-corrected chi connectivity index (χ1v) is 20.7. The maximum absolute atomic E-state index is 11.8. The summed E-state index contributed by atoms with van der Waals surface area (Å²) in [6.07, 6.45) is 14.9. The van der Waals surface area contributed by atoms with Gasteiger partial charge in [-0.3, -0.25) is 0 Å². The Bertz CT molecular complexity index is 1610. The SMILES string of the molecule is CCCCCC1=C(c2cccc(CCCC)c2)[N+](=[N-])C(c2cccc(CCCC)c2)=C1CCCC.c1ccc([CH2][Ni][CH2]c2ccccc2)cc1.